The van der Waals surface area contributed by atoms with Crippen molar-refractivity contribution in [3.8, 4) is 0 Å². The van der Waals surface area contributed by atoms with Crippen LogP contribution in [0.15, 0.2) is 0 Å². The number of nitrogens with zero attached hydrogens (tertiary/aromatic N) is 2. The quantitative estimate of drug-likeness (QED) is 0.588. The second-order valence-corrected chi connectivity index (χ2v) is 4.43. The molecule has 6 nitrogen and oxygen atoms in total. The number of aromatic nitrogens is 2. The SMILES string of the molecule is CCc1nc(N)c(C)c(NC(CC)(CO)CO)n1. The molecule has 0 saturated heterocycles. The van der Waals surface area contributed by atoms with E-state index in [1.54, 1.807) is 0 Å². The number of nitrogen functional groups attached to an aromatic ring is 1. The van der Waals surface area contributed by atoms with E-state index in [1.807, 2.05) is 20.8 Å². The van der Waals surface area contributed by atoms with Crippen molar-refractivity contribution in [2.45, 2.75) is 39.2 Å². The maximum Gasteiger partial charge on any atom is 0.135 e. The molecule has 0 saturated carbocycles. The number of aryl methyl sites for hydroxylation is 1. The highest BCUT2D eigenvalue weighted by atomic mass is 16.3. The Bertz CT molecular complexity index is 397. The van der Waals surface area contributed by atoms with Gasteiger partial charge in [0, 0.05) is 12.0 Å². The monoisotopic (exact) mass is 254 g/mol. The number of rotatable bonds is 6. The fourth-order valence-electron chi connectivity index (χ4n) is 1.55. The van der Waals surface area contributed by atoms with Crippen LogP contribution < -0.4 is 11.1 Å². The van der Waals surface area contributed by atoms with Gasteiger partial charge < -0.3 is 21.3 Å². The zero-order chi connectivity index (χ0) is 13.8. The third kappa shape index (κ3) is 2.88. The second-order valence-electron chi connectivity index (χ2n) is 4.43. The Hall–Kier alpha value is -1.40. The predicted octanol–water partition coefficient (Wildman–Crippen LogP) is 0.475. The smallest absolute Gasteiger partial charge is 0.135 e. The molecule has 0 amide bonds. The fraction of sp³-hybridized carbons (Fsp3) is 0.667. The molecule has 0 aliphatic carbocycles. The molecule has 5 N–H and O–H groups in total. The van der Waals surface area contributed by atoms with Gasteiger partial charge in [-0.3, -0.25) is 0 Å². The van der Waals surface area contributed by atoms with Gasteiger partial charge in [-0.1, -0.05) is 13.8 Å². The molecule has 0 atom stereocenters. The van der Waals surface area contributed by atoms with Crippen LogP contribution in [-0.2, 0) is 6.42 Å². The minimum Gasteiger partial charge on any atom is -0.394 e. The van der Waals surface area contributed by atoms with Crippen LogP contribution in [0, 0.1) is 6.92 Å². The topological polar surface area (TPSA) is 104 Å². The van der Waals surface area contributed by atoms with Gasteiger partial charge in [-0.2, -0.15) is 0 Å². The molecule has 0 fully saturated rings. The summed E-state index contributed by atoms with van der Waals surface area (Å²) in [4.78, 5) is 8.52. The van der Waals surface area contributed by atoms with Crippen LogP contribution in [0.4, 0.5) is 11.6 Å². The Morgan fingerprint density at radius 2 is 1.83 bits per heavy atom. The Kier molecular flexibility index (Phi) is 4.86. The van der Waals surface area contributed by atoms with E-state index in [0.29, 0.717) is 30.3 Å². The highest BCUT2D eigenvalue weighted by Crippen LogP contribution is 2.23. The van der Waals surface area contributed by atoms with Crippen molar-refractivity contribution in [1.82, 2.24) is 9.97 Å². The third-order valence-corrected chi connectivity index (χ3v) is 3.21. The predicted molar refractivity (Wildman–Crippen MR) is 71.4 cm³/mol. The summed E-state index contributed by atoms with van der Waals surface area (Å²) in [6, 6.07) is 0. The molecule has 1 heterocycles. The van der Waals surface area contributed by atoms with Crippen LogP contribution >= 0.6 is 0 Å². The third-order valence-electron chi connectivity index (χ3n) is 3.21. The van der Waals surface area contributed by atoms with Crippen molar-refractivity contribution in [2.24, 2.45) is 0 Å². The second kappa shape index (κ2) is 5.97. The molecule has 6 heteroatoms. The number of nitrogens with one attached hydrogen (secondary N) is 1. The minimum absolute atomic E-state index is 0.176. The van der Waals surface area contributed by atoms with Crippen LogP contribution in [0.2, 0.25) is 0 Å². The Morgan fingerprint density at radius 3 is 2.28 bits per heavy atom. The van der Waals surface area contributed by atoms with Gasteiger partial charge in [-0.05, 0) is 13.3 Å². The molecule has 0 unspecified atom stereocenters. The van der Waals surface area contributed by atoms with Gasteiger partial charge in [0.05, 0.1) is 18.8 Å². The van der Waals surface area contributed by atoms with Crippen LogP contribution in [-0.4, -0.2) is 38.9 Å². The molecule has 1 aromatic heterocycles. The van der Waals surface area contributed by atoms with E-state index < -0.39 is 5.54 Å². The molecule has 0 aliphatic heterocycles. The first-order valence-corrected chi connectivity index (χ1v) is 6.14. The summed E-state index contributed by atoms with van der Waals surface area (Å²) in [6.45, 7) is 5.29. The van der Waals surface area contributed by atoms with Crippen molar-refractivity contribution >= 4 is 11.6 Å². The Balaban J connectivity index is 3.13. The number of nitrogens with two attached hydrogens (primary N) is 1. The lowest BCUT2D eigenvalue weighted by Gasteiger charge is -2.31. The van der Waals surface area contributed by atoms with Crippen molar-refractivity contribution in [2.75, 3.05) is 24.3 Å². The van der Waals surface area contributed by atoms with Gasteiger partial charge in [-0.15, -0.1) is 0 Å². The van der Waals surface area contributed by atoms with Gasteiger partial charge >= 0.3 is 0 Å². The highest BCUT2D eigenvalue weighted by molar-refractivity contribution is 5.56. The first-order valence-electron chi connectivity index (χ1n) is 6.14. The average Bonchev–Trinajstić information content (AvgIpc) is 2.40. The average molecular weight is 254 g/mol. The number of hydrogen-bond acceptors (Lipinski definition) is 6. The van der Waals surface area contributed by atoms with Crippen molar-refractivity contribution < 1.29 is 10.2 Å². The molecule has 1 rings (SSSR count). The lowest BCUT2D eigenvalue weighted by atomic mass is 9.98. The number of hydrogen-bond donors (Lipinski definition) is 4. The fourth-order valence-corrected chi connectivity index (χ4v) is 1.55. The highest BCUT2D eigenvalue weighted by Gasteiger charge is 2.27. The summed E-state index contributed by atoms with van der Waals surface area (Å²) in [5, 5.41) is 21.9. The first kappa shape index (κ1) is 14.7. The van der Waals surface area contributed by atoms with Gasteiger partial charge in [0.25, 0.3) is 0 Å². The lowest BCUT2D eigenvalue weighted by molar-refractivity contribution is 0.132. The normalized spacial score (nSPS) is 11.6. The van der Waals surface area contributed by atoms with E-state index >= 15 is 0 Å². The molecule has 0 spiro atoms. The maximum atomic E-state index is 9.43. The van der Waals surface area contributed by atoms with E-state index in [2.05, 4.69) is 15.3 Å². The van der Waals surface area contributed by atoms with E-state index in [9.17, 15) is 10.2 Å². The molecule has 0 bridgehead atoms. The van der Waals surface area contributed by atoms with Gasteiger partial charge in [0.15, 0.2) is 0 Å². The van der Waals surface area contributed by atoms with E-state index in [-0.39, 0.29) is 13.2 Å². The molecule has 18 heavy (non-hydrogen) atoms. The van der Waals surface area contributed by atoms with Crippen LogP contribution in [0.1, 0.15) is 31.7 Å². The summed E-state index contributed by atoms with van der Waals surface area (Å²) < 4.78 is 0. The largest absolute Gasteiger partial charge is 0.394 e. The molecule has 0 radical (unpaired) electrons. The summed E-state index contributed by atoms with van der Waals surface area (Å²) in [6.07, 6.45) is 1.25. The van der Waals surface area contributed by atoms with Crippen molar-refractivity contribution in [3.05, 3.63) is 11.4 Å². The van der Waals surface area contributed by atoms with Crippen molar-refractivity contribution in [3.63, 3.8) is 0 Å². The molecule has 1 aromatic rings. The molecular weight excluding hydrogens is 232 g/mol. The zero-order valence-electron chi connectivity index (χ0n) is 11.2. The standard InChI is InChI=1S/C12H22N4O2/c1-4-9-14-10(13)8(3)11(15-9)16-12(5-2,6-17)7-18/h17-18H,4-7H2,1-3H3,(H3,13,14,15,16). The van der Waals surface area contributed by atoms with Crippen LogP contribution in [0.5, 0.6) is 0 Å². The molecule has 102 valence electrons. The summed E-state index contributed by atoms with van der Waals surface area (Å²) in [5.74, 6) is 1.64. The molecule has 0 aliphatic rings. The zero-order valence-corrected chi connectivity index (χ0v) is 11.2. The summed E-state index contributed by atoms with van der Waals surface area (Å²) >= 11 is 0. The minimum atomic E-state index is -0.781. The maximum absolute atomic E-state index is 9.43. The van der Waals surface area contributed by atoms with E-state index in [1.165, 1.54) is 0 Å². The van der Waals surface area contributed by atoms with Crippen LogP contribution in [0.3, 0.4) is 0 Å². The van der Waals surface area contributed by atoms with Crippen LogP contribution in [0.25, 0.3) is 0 Å². The summed E-state index contributed by atoms with van der Waals surface area (Å²) in [5.41, 5.74) is 5.77. The van der Waals surface area contributed by atoms with Gasteiger partial charge in [-0.25, -0.2) is 9.97 Å². The Labute approximate surface area is 107 Å². The Morgan fingerprint density at radius 1 is 1.22 bits per heavy atom. The molecule has 0 aromatic carbocycles. The van der Waals surface area contributed by atoms with Crippen molar-refractivity contribution in [1.29, 1.82) is 0 Å². The lowest BCUT2D eigenvalue weighted by Crippen LogP contribution is -2.45. The number of aliphatic hydroxyl groups is 2. The number of anilines is 2. The number of aliphatic hydroxyl groups excluding tert-OH is 2. The first-order chi connectivity index (χ1) is 8.51. The van der Waals surface area contributed by atoms with Gasteiger partial charge in [0.1, 0.15) is 17.5 Å². The molecular formula is C12H22N4O2. The summed E-state index contributed by atoms with van der Waals surface area (Å²) in [7, 11) is 0. The van der Waals surface area contributed by atoms with E-state index in [0.717, 1.165) is 5.56 Å². The van der Waals surface area contributed by atoms with Gasteiger partial charge in [0.2, 0.25) is 0 Å². The van der Waals surface area contributed by atoms with E-state index in [4.69, 9.17) is 5.73 Å².